The molecule has 254 valence electrons. The minimum Gasteiger partial charge on any atom is -0.490 e. The van der Waals surface area contributed by atoms with Gasteiger partial charge in [-0.2, -0.15) is 5.10 Å². The van der Waals surface area contributed by atoms with Crippen molar-refractivity contribution in [1.82, 2.24) is 29.5 Å². The van der Waals surface area contributed by atoms with Gasteiger partial charge in [0, 0.05) is 79.4 Å². The van der Waals surface area contributed by atoms with E-state index in [0.717, 1.165) is 59.4 Å². The number of methoxy groups -OCH3 is 1. The van der Waals surface area contributed by atoms with E-state index >= 15 is 4.39 Å². The molecular formula is C36H37F2N7O3S. The van der Waals surface area contributed by atoms with Crippen LogP contribution in [-0.4, -0.2) is 95.6 Å². The molecule has 1 aromatic carbocycles. The van der Waals surface area contributed by atoms with Crippen molar-refractivity contribution in [3.63, 3.8) is 0 Å². The lowest BCUT2D eigenvalue weighted by atomic mass is 9.96. The second-order valence-corrected chi connectivity index (χ2v) is 13.2. The van der Waals surface area contributed by atoms with Gasteiger partial charge >= 0.3 is 0 Å². The second kappa shape index (κ2) is 13.7. The Morgan fingerprint density at radius 2 is 1.86 bits per heavy atom. The average Bonchev–Trinajstić information content (AvgIpc) is 3.77. The number of hydrogen-bond donors (Lipinski definition) is 0. The summed E-state index contributed by atoms with van der Waals surface area (Å²) in [6.45, 7) is 10.6. The van der Waals surface area contributed by atoms with Gasteiger partial charge in [-0.25, -0.2) is 18.7 Å². The molecule has 1 atom stereocenters. The fraction of sp³-hybridized carbons (Fsp3) is 0.333. The molecule has 5 aromatic rings. The van der Waals surface area contributed by atoms with Crippen molar-refractivity contribution in [3.8, 4) is 39.5 Å². The topological polar surface area (TPSA) is 88.9 Å². The molecule has 0 aliphatic carbocycles. The molecule has 0 spiro atoms. The maximum atomic E-state index is 16.1. The van der Waals surface area contributed by atoms with Crippen molar-refractivity contribution in [3.05, 3.63) is 78.0 Å². The number of carbonyl (C=O) groups excluding carboxylic acids is 1. The van der Waals surface area contributed by atoms with Crippen molar-refractivity contribution >= 4 is 33.1 Å². The number of fused-ring (bicyclic) bond motifs is 2. The van der Waals surface area contributed by atoms with Crippen molar-refractivity contribution in [2.75, 3.05) is 65.0 Å². The molecule has 1 fully saturated rings. The van der Waals surface area contributed by atoms with Crippen LogP contribution < -0.4 is 9.64 Å². The summed E-state index contributed by atoms with van der Waals surface area (Å²) in [7, 11) is 3.65. The van der Waals surface area contributed by atoms with E-state index in [1.54, 1.807) is 4.90 Å². The zero-order chi connectivity index (χ0) is 34.2. The minimum atomic E-state index is -0.781. The molecule has 49 heavy (non-hydrogen) atoms. The standard InChI is InChI=1S/C36H37F2N7O3S/c1-5-31(46)44-13-14-45-28(22(44)2)20-27(41-45)35-33(32-26(38)18-24(37)19-29(32)48-16-15-47-4)36-25(8-17-49-36)34(40-35)23-6-7-30(39-21-23)43-11-9-42(3)10-12-43/h5-8,17-22H,1,9-16H2,2-4H3/t22-/m0/s1. The lowest BCUT2D eigenvalue weighted by Gasteiger charge is -2.33. The number of rotatable bonds is 9. The van der Waals surface area contributed by atoms with E-state index in [9.17, 15) is 9.18 Å². The molecule has 1 amide bonds. The molecular weight excluding hydrogens is 649 g/mol. The molecule has 13 heteroatoms. The fourth-order valence-electron chi connectivity index (χ4n) is 6.59. The van der Waals surface area contributed by atoms with Gasteiger partial charge in [0.25, 0.3) is 0 Å². The lowest BCUT2D eigenvalue weighted by Crippen LogP contribution is -2.44. The quantitative estimate of drug-likeness (QED) is 0.137. The Bertz CT molecular complexity index is 2020. The molecule has 0 bridgehead atoms. The highest BCUT2D eigenvalue weighted by Crippen LogP contribution is 2.47. The molecule has 1 saturated heterocycles. The number of halogens is 2. The van der Waals surface area contributed by atoms with Gasteiger partial charge in [-0.05, 0) is 49.7 Å². The van der Waals surface area contributed by atoms with E-state index in [1.165, 1.54) is 30.6 Å². The minimum absolute atomic E-state index is 0.0401. The number of amides is 1. The molecule has 7 rings (SSSR count). The number of likely N-dealkylation sites (N-methyl/N-ethyl adjacent to an activating group) is 1. The summed E-state index contributed by atoms with van der Waals surface area (Å²) >= 11 is 1.43. The first kappa shape index (κ1) is 32.8. The van der Waals surface area contributed by atoms with Gasteiger partial charge in [-0.3, -0.25) is 9.48 Å². The van der Waals surface area contributed by atoms with Crippen LogP contribution in [0.2, 0.25) is 0 Å². The number of ether oxygens (including phenoxy) is 2. The van der Waals surface area contributed by atoms with Gasteiger partial charge in [0.2, 0.25) is 5.91 Å². The summed E-state index contributed by atoms with van der Waals surface area (Å²) in [4.78, 5) is 29.0. The molecule has 10 nitrogen and oxygen atoms in total. The van der Waals surface area contributed by atoms with Crippen LogP contribution >= 0.6 is 11.3 Å². The van der Waals surface area contributed by atoms with E-state index in [2.05, 4.69) is 23.4 Å². The summed E-state index contributed by atoms with van der Waals surface area (Å²) in [6, 6.07) is 9.63. The third kappa shape index (κ3) is 6.18. The Labute approximate surface area is 287 Å². The summed E-state index contributed by atoms with van der Waals surface area (Å²) < 4.78 is 44.5. The van der Waals surface area contributed by atoms with E-state index in [4.69, 9.17) is 24.5 Å². The van der Waals surface area contributed by atoms with Crippen molar-refractivity contribution in [1.29, 1.82) is 0 Å². The smallest absolute Gasteiger partial charge is 0.246 e. The van der Waals surface area contributed by atoms with Crippen LogP contribution in [0.4, 0.5) is 14.6 Å². The summed E-state index contributed by atoms with van der Waals surface area (Å²) in [5, 5.41) is 7.68. The van der Waals surface area contributed by atoms with E-state index < -0.39 is 11.6 Å². The average molecular weight is 686 g/mol. The number of piperazine rings is 1. The number of thiophene rings is 1. The van der Waals surface area contributed by atoms with Crippen LogP contribution in [0, 0.1) is 11.6 Å². The Morgan fingerprint density at radius 3 is 2.59 bits per heavy atom. The predicted octanol–water partition coefficient (Wildman–Crippen LogP) is 6.03. The maximum Gasteiger partial charge on any atom is 0.246 e. The molecule has 0 unspecified atom stereocenters. The van der Waals surface area contributed by atoms with E-state index in [-0.39, 0.29) is 36.5 Å². The van der Waals surface area contributed by atoms with Gasteiger partial charge in [0.1, 0.15) is 41.2 Å². The molecule has 0 saturated carbocycles. The number of aromatic nitrogens is 4. The van der Waals surface area contributed by atoms with Gasteiger partial charge in [-0.1, -0.05) is 6.58 Å². The first-order valence-electron chi connectivity index (χ1n) is 16.2. The molecule has 0 N–H and O–H groups in total. The highest BCUT2D eigenvalue weighted by atomic mass is 32.1. The highest BCUT2D eigenvalue weighted by molar-refractivity contribution is 7.18. The summed E-state index contributed by atoms with van der Waals surface area (Å²) in [5.74, 6) is -0.765. The Kier molecular flexibility index (Phi) is 9.14. The predicted molar refractivity (Wildman–Crippen MR) is 187 cm³/mol. The molecule has 0 radical (unpaired) electrons. The number of carbonyl (C=O) groups is 1. The van der Waals surface area contributed by atoms with Crippen LogP contribution in [0.3, 0.4) is 0 Å². The zero-order valence-corrected chi connectivity index (χ0v) is 28.5. The van der Waals surface area contributed by atoms with Crippen molar-refractivity contribution in [2.45, 2.75) is 19.5 Å². The van der Waals surface area contributed by atoms with Crippen LogP contribution in [0.25, 0.3) is 43.9 Å². The Balaban J connectivity index is 1.42. The largest absolute Gasteiger partial charge is 0.490 e. The maximum absolute atomic E-state index is 16.1. The number of benzene rings is 1. The van der Waals surface area contributed by atoms with Gasteiger partial charge < -0.3 is 24.2 Å². The van der Waals surface area contributed by atoms with Gasteiger partial charge in [-0.15, -0.1) is 11.3 Å². The van der Waals surface area contributed by atoms with Crippen LogP contribution in [0.15, 0.2) is 60.6 Å². The van der Waals surface area contributed by atoms with Crippen LogP contribution in [-0.2, 0) is 16.1 Å². The normalized spacial score (nSPS) is 16.6. The van der Waals surface area contributed by atoms with Crippen LogP contribution in [0.1, 0.15) is 18.7 Å². The highest BCUT2D eigenvalue weighted by Gasteiger charge is 2.31. The van der Waals surface area contributed by atoms with E-state index in [1.807, 2.05) is 47.4 Å². The number of pyridine rings is 2. The summed E-state index contributed by atoms with van der Waals surface area (Å²) in [6.07, 6.45) is 3.14. The molecule has 6 heterocycles. The third-order valence-electron chi connectivity index (χ3n) is 9.23. The number of nitrogens with zero attached hydrogens (tertiary/aromatic N) is 7. The number of hydrogen-bond acceptors (Lipinski definition) is 9. The molecule has 2 aliphatic heterocycles. The SMILES string of the molecule is C=CC(=O)N1CCn2nc(-c3nc(-c4ccc(N5CCN(C)CC5)nc4)c4ccsc4c3-c3c(F)cc(F)cc3OCCOC)cc2[C@@H]1C. The second-order valence-electron chi connectivity index (χ2n) is 12.2. The number of anilines is 1. The lowest BCUT2D eigenvalue weighted by molar-refractivity contribution is -0.129. The van der Waals surface area contributed by atoms with Crippen LogP contribution in [0.5, 0.6) is 5.75 Å². The van der Waals surface area contributed by atoms with Crippen molar-refractivity contribution in [2.24, 2.45) is 0 Å². The van der Waals surface area contributed by atoms with E-state index in [0.29, 0.717) is 35.7 Å². The zero-order valence-electron chi connectivity index (χ0n) is 27.7. The molecule has 4 aromatic heterocycles. The first-order chi connectivity index (χ1) is 23.8. The fourth-order valence-corrected chi connectivity index (χ4v) is 7.54. The Morgan fingerprint density at radius 1 is 1.04 bits per heavy atom. The first-order valence-corrected chi connectivity index (χ1v) is 17.1. The summed E-state index contributed by atoms with van der Waals surface area (Å²) in [5.41, 5.74) is 3.71. The molecule has 2 aliphatic rings. The van der Waals surface area contributed by atoms with Crippen molar-refractivity contribution < 1.29 is 23.0 Å². The van der Waals surface area contributed by atoms with Gasteiger partial charge in [0.05, 0.1) is 36.1 Å². The van der Waals surface area contributed by atoms with Gasteiger partial charge in [0.15, 0.2) is 0 Å². The third-order valence-corrected chi connectivity index (χ3v) is 10.2. The monoisotopic (exact) mass is 685 g/mol. The Hall–Kier alpha value is -4.72.